The summed E-state index contributed by atoms with van der Waals surface area (Å²) in [5, 5.41) is 4.36. The number of nitrogens with one attached hydrogen (secondary N) is 2. The third kappa shape index (κ3) is 2.67. The Kier molecular flexibility index (Phi) is 3.80. The average Bonchev–Trinajstić information content (AvgIpc) is 2.90. The zero-order chi connectivity index (χ0) is 18.7. The number of rotatable bonds is 1. The van der Waals surface area contributed by atoms with Crippen LogP contribution in [0, 0.1) is 11.3 Å². The molecule has 0 unspecified atom stereocenters. The minimum absolute atomic E-state index is 0.0121. The first-order valence-electron chi connectivity index (χ1n) is 9.66. The summed E-state index contributed by atoms with van der Waals surface area (Å²) in [6.45, 7) is 8.44. The molecule has 2 N–H and O–H groups in total. The molecule has 2 aliphatic rings. The summed E-state index contributed by atoms with van der Waals surface area (Å²) in [7, 11) is 0. The highest BCUT2D eigenvalue weighted by molar-refractivity contribution is 5.85. The Hall–Kier alpha value is -2.10. The molecule has 0 aliphatic heterocycles. The van der Waals surface area contributed by atoms with E-state index < -0.39 is 0 Å². The summed E-state index contributed by atoms with van der Waals surface area (Å²) < 4.78 is 0. The van der Waals surface area contributed by atoms with Crippen LogP contribution < -0.4 is 10.9 Å². The molecule has 1 fully saturated rings. The van der Waals surface area contributed by atoms with Crippen molar-refractivity contribution in [2.45, 2.75) is 64.8 Å². The number of aromatic amines is 1. The van der Waals surface area contributed by atoms with E-state index in [1.54, 1.807) is 6.07 Å². The highest BCUT2D eigenvalue weighted by Crippen LogP contribution is 2.59. The van der Waals surface area contributed by atoms with Gasteiger partial charge in [0, 0.05) is 28.4 Å². The first-order valence-corrected chi connectivity index (χ1v) is 9.66. The van der Waals surface area contributed by atoms with Crippen LogP contribution in [0.5, 0.6) is 0 Å². The molecule has 0 bridgehead atoms. The number of aryl methyl sites for hydroxylation is 1. The number of pyridine rings is 1. The summed E-state index contributed by atoms with van der Waals surface area (Å²) in [5.41, 5.74) is 3.42. The zero-order valence-corrected chi connectivity index (χ0v) is 16.1. The maximum absolute atomic E-state index is 12.9. The highest BCUT2D eigenvalue weighted by Gasteiger charge is 2.52. The lowest BCUT2D eigenvalue weighted by atomic mass is 9.63. The molecule has 2 aliphatic carbocycles. The predicted molar refractivity (Wildman–Crippen MR) is 104 cm³/mol. The van der Waals surface area contributed by atoms with Crippen molar-refractivity contribution in [3.8, 4) is 0 Å². The van der Waals surface area contributed by atoms with Gasteiger partial charge in [-0.1, -0.05) is 13.0 Å². The molecule has 1 saturated carbocycles. The van der Waals surface area contributed by atoms with Gasteiger partial charge in [-0.15, -0.1) is 0 Å². The van der Waals surface area contributed by atoms with Crippen LogP contribution in [0.15, 0.2) is 29.1 Å². The predicted octanol–water partition coefficient (Wildman–Crippen LogP) is 3.89. The molecule has 1 heterocycles. The van der Waals surface area contributed by atoms with Gasteiger partial charge in [0.05, 0.1) is 0 Å². The molecule has 1 amide bonds. The van der Waals surface area contributed by atoms with Crippen molar-refractivity contribution in [2.75, 3.05) is 0 Å². The standard InChI is InChI=1S/C22H28N2O2/c1-21(2,3)24-20(26)17-8-7-16-14-5-9-18-15(6-10-19(25)23-18)13(14)11-12-22(16,17)4/h5-6,9-10,16-17H,7-8,11-12H2,1-4H3,(H,23,25)(H,24,26)/t16-,17+,22-/m0/s1. The second kappa shape index (κ2) is 5.70. The third-order valence-electron chi connectivity index (χ3n) is 6.49. The molecule has 4 rings (SSSR count). The zero-order valence-electron chi connectivity index (χ0n) is 16.1. The van der Waals surface area contributed by atoms with Crippen molar-refractivity contribution in [2.24, 2.45) is 11.3 Å². The Labute approximate surface area is 154 Å². The van der Waals surface area contributed by atoms with Crippen molar-refractivity contribution in [1.82, 2.24) is 10.3 Å². The van der Waals surface area contributed by atoms with Crippen LogP contribution in [0.2, 0.25) is 0 Å². The minimum atomic E-state index is -0.194. The number of aromatic nitrogens is 1. The van der Waals surface area contributed by atoms with Gasteiger partial charge in [-0.3, -0.25) is 9.59 Å². The fourth-order valence-electron chi connectivity index (χ4n) is 5.30. The van der Waals surface area contributed by atoms with E-state index in [0.29, 0.717) is 5.92 Å². The largest absolute Gasteiger partial charge is 0.351 e. The van der Waals surface area contributed by atoms with Crippen molar-refractivity contribution >= 4 is 16.8 Å². The molecule has 26 heavy (non-hydrogen) atoms. The summed E-state index contributed by atoms with van der Waals surface area (Å²) >= 11 is 0. The maximum atomic E-state index is 12.9. The van der Waals surface area contributed by atoms with E-state index in [2.05, 4.69) is 23.3 Å². The number of hydrogen-bond acceptors (Lipinski definition) is 2. The number of carbonyl (C=O) groups is 1. The van der Waals surface area contributed by atoms with Crippen LogP contribution >= 0.6 is 0 Å². The molecule has 4 nitrogen and oxygen atoms in total. The van der Waals surface area contributed by atoms with E-state index in [4.69, 9.17) is 0 Å². The minimum Gasteiger partial charge on any atom is -0.351 e. The summed E-state index contributed by atoms with van der Waals surface area (Å²) in [5.74, 6) is 0.695. The molecule has 0 spiro atoms. The van der Waals surface area contributed by atoms with E-state index in [1.165, 1.54) is 11.1 Å². The second-order valence-corrected chi connectivity index (χ2v) is 9.34. The van der Waals surface area contributed by atoms with Gasteiger partial charge in [0.2, 0.25) is 11.5 Å². The van der Waals surface area contributed by atoms with Crippen LogP contribution in [0.1, 0.15) is 64.0 Å². The highest BCUT2D eigenvalue weighted by atomic mass is 16.2. The van der Waals surface area contributed by atoms with Gasteiger partial charge in [0.15, 0.2) is 0 Å². The van der Waals surface area contributed by atoms with Crippen molar-refractivity contribution in [3.05, 3.63) is 45.7 Å². The van der Waals surface area contributed by atoms with Crippen LogP contribution in [0.4, 0.5) is 0 Å². The molecule has 2 aromatic rings. The van der Waals surface area contributed by atoms with E-state index in [-0.39, 0.29) is 28.3 Å². The number of hydrogen-bond donors (Lipinski definition) is 2. The summed E-state index contributed by atoms with van der Waals surface area (Å²) in [6.07, 6.45) is 3.99. The molecule has 138 valence electrons. The van der Waals surface area contributed by atoms with Gasteiger partial charge in [-0.25, -0.2) is 0 Å². The van der Waals surface area contributed by atoms with Gasteiger partial charge < -0.3 is 10.3 Å². The molecule has 1 aromatic carbocycles. The fraction of sp³-hybridized carbons (Fsp3) is 0.545. The fourth-order valence-corrected chi connectivity index (χ4v) is 5.30. The molecule has 0 radical (unpaired) electrons. The molecular weight excluding hydrogens is 324 g/mol. The average molecular weight is 352 g/mol. The number of fused-ring (bicyclic) bond motifs is 5. The first kappa shape index (κ1) is 17.3. The molecule has 3 atom stereocenters. The molecule has 4 heteroatoms. The van der Waals surface area contributed by atoms with Gasteiger partial charge in [0.25, 0.3) is 0 Å². The number of amides is 1. The van der Waals surface area contributed by atoms with Crippen molar-refractivity contribution < 1.29 is 4.79 Å². The number of carbonyl (C=O) groups excluding carboxylic acids is 1. The molecule has 1 aromatic heterocycles. The Morgan fingerprint density at radius 2 is 1.96 bits per heavy atom. The summed E-state index contributed by atoms with van der Waals surface area (Å²) in [4.78, 5) is 27.5. The first-order chi connectivity index (χ1) is 12.2. The smallest absolute Gasteiger partial charge is 0.248 e. The van der Waals surface area contributed by atoms with Gasteiger partial charge in [-0.2, -0.15) is 0 Å². The van der Waals surface area contributed by atoms with E-state index in [0.717, 1.165) is 36.6 Å². The second-order valence-electron chi connectivity index (χ2n) is 9.34. The van der Waals surface area contributed by atoms with Crippen LogP contribution in [0.3, 0.4) is 0 Å². The normalized spacial score (nSPS) is 27.8. The quantitative estimate of drug-likeness (QED) is 0.818. The van der Waals surface area contributed by atoms with Crippen LogP contribution in [0.25, 0.3) is 10.9 Å². The van der Waals surface area contributed by atoms with Crippen molar-refractivity contribution in [3.63, 3.8) is 0 Å². The van der Waals surface area contributed by atoms with E-state index >= 15 is 0 Å². The monoisotopic (exact) mass is 352 g/mol. The van der Waals surface area contributed by atoms with E-state index in [1.807, 2.05) is 32.9 Å². The molecule has 0 saturated heterocycles. The van der Waals surface area contributed by atoms with Gasteiger partial charge in [0.1, 0.15) is 0 Å². The van der Waals surface area contributed by atoms with Crippen LogP contribution in [-0.2, 0) is 11.2 Å². The Morgan fingerprint density at radius 1 is 1.19 bits per heavy atom. The lowest BCUT2D eigenvalue weighted by Gasteiger charge is -2.42. The van der Waals surface area contributed by atoms with Gasteiger partial charge in [-0.05, 0) is 81.0 Å². The Balaban J connectivity index is 1.73. The summed E-state index contributed by atoms with van der Waals surface area (Å²) in [6, 6.07) is 7.78. The van der Waals surface area contributed by atoms with E-state index in [9.17, 15) is 9.59 Å². The Morgan fingerprint density at radius 3 is 2.69 bits per heavy atom. The topological polar surface area (TPSA) is 62.0 Å². The van der Waals surface area contributed by atoms with Crippen molar-refractivity contribution in [1.29, 1.82) is 0 Å². The maximum Gasteiger partial charge on any atom is 0.248 e. The lowest BCUT2D eigenvalue weighted by molar-refractivity contribution is -0.129. The third-order valence-corrected chi connectivity index (χ3v) is 6.49. The number of H-pyrrole nitrogens is 1. The molecular formula is C22H28N2O2. The lowest BCUT2D eigenvalue weighted by Crippen LogP contribution is -2.48. The van der Waals surface area contributed by atoms with Crippen LogP contribution in [-0.4, -0.2) is 16.4 Å². The number of benzene rings is 1. The van der Waals surface area contributed by atoms with Gasteiger partial charge >= 0.3 is 0 Å². The Bertz CT molecular complexity index is 937. The SMILES string of the molecule is CC(C)(C)NC(=O)[C@H]1CC[C@H]2c3ccc4[nH]c(=O)ccc4c3CC[C@]12C.